The standard InChI is InChI=1S/C19H20BrN5O2/c1-12(2)25-18-13(10-22-25)8-14(9-21-18)19(27)24(3)11-17(26)23-16-7-5-4-6-15(16)20/h4-10,12H,11H2,1-3H3,(H,23,26). The lowest BCUT2D eigenvalue weighted by atomic mass is 10.2. The maximum atomic E-state index is 12.7. The Morgan fingerprint density at radius 1 is 1.26 bits per heavy atom. The molecule has 2 amide bonds. The molecule has 0 spiro atoms. The van der Waals surface area contributed by atoms with E-state index in [1.807, 2.05) is 32.0 Å². The van der Waals surface area contributed by atoms with Crippen molar-refractivity contribution in [2.45, 2.75) is 19.9 Å². The average Bonchev–Trinajstić information content (AvgIpc) is 3.06. The van der Waals surface area contributed by atoms with Crippen molar-refractivity contribution in [2.75, 3.05) is 18.9 Å². The number of para-hydroxylation sites is 1. The molecule has 0 saturated carbocycles. The van der Waals surface area contributed by atoms with E-state index in [1.54, 1.807) is 30.1 Å². The van der Waals surface area contributed by atoms with E-state index in [0.29, 0.717) is 11.3 Å². The van der Waals surface area contributed by atoms with Crippen LogP contribution in [0, 0.1) is 0 Å². The molecule has 27 heavy (non-hydrogen) atoms. The fourth-order valence-corrected chi connectivity index (χ4v) is 3.08. The van der Waals surface area contributed by atoms with E-state index in [9.17, 15) is 9.59 Å². The normalized spacial score (nSPS) is 11.0. The van der Waals surface area contributed by atoms with Gasteiger partial charge in [-0.25, -0.2) is 9.67 Å². The van der Waals surface area contributed by atoms with Gasteiger partial charge in [-0.2, -0.15) is 5.10 Å². The summed E-state index contributed by atoms with van der Waals surface area (Å²) in [5, 5.41) is 7.88. The number of hydrogen-bond acceptors (Lipinski definition) is 4. The van der Waals surface area contributed by atoms with Crippen LogP contribution in [0.3, 0.4) is 0 Å². The fraction of sp³-hybridized carbons (Fsp3) is 0.263. The number of carbonyl (C=O) groups is 2. The minimum Gasteiger partial charge on any atom is -0.332 e. The van der Waals surface area contributed by atoms with Crippen LogP contribution in [0.4, 0.5) is 5.69 Å². The highest BCUT2D eigenvalue weighted by atomic mass is 79.9. The molecule has 0 aliphatic heterocycles. The van der Waals surface area contributed by atoms with Crippen LogP contribution in [-0.4, -0.2) is 45.1 Å². The summed E-state index contributed by atoms with van der Waals surface area (Å²) in [6.45, 7) is 3.97. The van der Waals surface area contributed by atoms with Crippen molar-refractivity contribution in [1.82, 2.24) is 19.7 Å². The van der Waals surface area contributed by atoms with Gasteiger partial charge in [0.15, 0.2) is 5.65 Å². The van der Waals surface area contributed by atoms with Crippen LogP contribution in [0.5, 0.6) is 0 Å². The summed E-state index contributed by atoms with van der Waals surface area (Å²) in [5.74, 6) is -0.552. The molecule has 7 nitrogen and oxygen atoms in total. The Hall–Kier alpha value is -2.74. The summed E-state index contributed by atoms with van der Waals surface area (Å²) < 4.78 is 2.59. The Morgan fingerprint density at radius 2 is 2.00 bits per heavy atom. The Balaban J connectivity index is 1.70. The van der Waals surface area contributed by atoms with Gasteiger partial charge in [-0.1, -0.05) is 12.1 Å². The molecular formula is C19H20BrN5O2. The van der Waals surface area contributed by atoms with Crippen molar-refractivity contribution in [2.24, 2.45) is 0 Å². The SMILES string of the molecule is CC(C)n1ncc2cc(C(=O)N(C)CC(=O)Nc3ccccc3Br)cnc21. The van der Waals surface area contributed by atoms with Gasteiger partial charge in [0.1, 0.15) is 0 Å². The van der Waals surface area contributed by atoms with Crippen molar-refractivity contribution in [3.05, 3.63) is 52.8 Å². The highest BCUT2D eigenvalue weighted by Crippen LogP contribution is 2.21. The summed E-state index contributed by atoms with van der Waals surface area (Å²) in [7, 11) is 1.59. The Labute approximate surface area is 165 Å². The van der Waals surface area contributed by atoms with Crippen molar-refractivity contribution in [3.63, 3.8) is 0 Å². The van der Waals surface area contributed by atoms with Gasteiger partial charge in [0, 0.05) is 29.1 Å². The largest absolute Gasteiger partial charge is 0.332 e. The minimum absolute atomic E-state index is 0.0660. The van der Waals surface area contributed by atoms with E-state index in [4.69, 9.17) is 0 Å². The topological polar surface area (TPSA) is 80.1 Å². The second kappa shape index (κ2) is 7.87. The first-order valence-electron chi connectivity index (χ1n) is 8.50. The van der Waals surface area contributed by atoms with Crippen LogP contribution in [0.15, 0.2) is 47.2 Å². The number of rotatable bonds is 5. The molecule has 1 aromatic carbocycles. The lowest BCUT2D eigenvalue weighted by Crippen LogP contribution is -2.35. The van der Waals surface area contributed by atoms with Gasteiger partial charge in [-0.15, -0.1) is 0 Å². The molecule has 0 aliphatic carbocycles. The molecule has 3 rings (SSSR count). The number of anilines is 1. The van der Waals surface area contributed by atoms with Gasteiger partial charge in [-0.3, -0.25) is 9.59 Å². The third-order valence-corrected chi connectivity index (χ3v) is 4.74. The summed E-state index contributed by atoms with van der Waals surface area (Å²) in [6.07, 6.45) is 3.21. The Kier molecular flexibility index (Phi) is 5.55. The van der Waals surface area contributed by atoms with E-state index in [-0.39, 0.29) is 24.4 Å². The number of nitrogens with zero attached hydrogens (tertiary/aromatic N) is 4. The predicted octanol–water partition coefficient (Wildman–Crippen LogP) is 3.49. The van der Waals surface area contributed by atoms with Gasteiger partial charge < -0.3 is 10.2 Å². The van der Waals surface area contributed by atoms with Crippen LogP contribution in [0.2, 0.25) is 0 Å². The summed E-state index contributed by atoms with van der Waals surface area (Å²) in [6, 6.07) is 9.24. The van der Waals surface area contributed by atoms with E-state index < -0.39 is 0 Å². The number of amides is 2. The molecule has 0 bridgehead atoms. The summed E-state index contributed by atoms with van der Waals surface area (Å²) in [5.41, 5.74) is 1.81. The number of hydrogen-bond donors (Lipinski definition) is 1. The number of benzene rings is 1. The van der Waals surface area contributed by atoms with Gasteiger partial charge in [0.05, 0.1) is 24.0 Å². The lowest BCUT2D eigenvalue weighted by Gasteiger charge is -2.17. The van der Waals surface area contributed by atoms with Crippen molar-refractivity contribution in [3.8, 4) is 0 Å². The molecule has 0 atom stereocenters. The zero-order valence-corrected chi connectivity index (χ0v) is 16.9. The Bertz CT molecular complexity index is 999. The smallest absolute Gasteiger partial charge is 0.255 e. The van der Waals surface area contributed by atoms with E-state index >= 15 is 0 Å². The molecule has 2 aromatic heterocycles. The highest BCUT2D eigenvalue weighted by Gasteiger charge is 2.17. The fourth-order valence-electron chi connectivity index (χ4n) is 2.69. The first-order valence-corrected chi connectivity index (χ1v) is 9.29. The monoisotopic (exact) mass is 429 g/mol. The molecular weight excluding hydrogens is 410 g/mol. The molecule has 140 valence electrons. The number of likely N-dealkylation sites (N-methyl/N-ethyl adjacent to an activating group) is 1. The number of carbonyl (C=O) groups excluding carboxylic acids is 2. The third kappa shape index (κ3) is 4.16. The molecule has 0 aliphatic rings. The molecule has 0 saturated heterocycles. The van der Waals surface area contributed by atoms with Crippen LogP contribution in [0.25, 0.3) is 11.0 Å². The molecule has 2 heterocycles. The highest BCUT2D eigenvalue weighted by molar-refractivity contribution is 9.10. The van der Waals surface area contributed by atoms with E-state index in [2.05, 4.69) is 31.3 Å². The quantitative estimate of drug-likeness (QED) is 0.672. The maximum Gasteiger partial charge on any atom is 0.255 e. The summed E-state index contributed by atoms with van der Waals surface area (Å²) in [4.78, 5) is 30.6. The first kappa shape index (κ1) is 19.0. The van der Waals surface area contributed by atoms with E-state index in [1.165, 1.54) is 11.1 Å². The number of aromatic nitrogens is 3. The average molecular weight is 430 g/mol. The minimum atomic E-state index is -0.278. The lowest BCUT2D eigenvalue weighted by molar-refractivity contribution is -0.116. The molecule has 3 aromatic rings. The zero-order valence-electron chi connectivity index (χ0n) is 15.3. The molecule has 0 radical (unpaired) electrons. The zero-order chi connectivity index (χ0) is 19.6. The number of halogens is 1. The number of pyridine rings is 1. The second-order valence-electron chi connectivity index (χ2n) is 6.51. The van der Waals surface area contributed by atoms with Crippen LogP contribution in [-0.2, 0) is 4.79 Å². The molecule has 1 N–H and O–H groups in total. The van der Waals surface area contributed by atoms with Gasteiger partial charge in [0.2, 0.25) is 5.91 Å². The van der Waals surface area contributed by atoms with E-state index in [0.717, 1.165) is 15.5 Å². The van der Waals surface area contributed by atoms with Crippen LogP contribution >= 0.6 is 15.9 Å². The maximum absolute atomic E-state index is 12.7. The first-order chi connectivity index (χ1) is 12.9. The van der Waals surface area contributed by atoms with Crippen LogP contribution < -0.4 is 5.32 Å². The second-order valence-corrected chi connectivity index (χ2v) is 7.36. The van der Waals surface area contributed by atoms with Gasteiger partial charge >= 0.3 is 0 Å². The van der Waals surface area contributed by atoms with Crippen molar-refractivity contribution in [1.29, 1.82) is 0 Å². The Morgan fingerprint density at radius 3 is 2.70 bits per heavy atom. The number of fused-ring (bicyclic) bond motifs is 1. The van der Waals surface area contributed by atoms with Crippen molar-refractivity contribution < 1.29 is 9.59 Å². The van der Waals surface area contributed by atoms with Crippen molar-refractivity contribution >= 4 is 44.5 Å². The molecule has 8 heteroatoms. The third-order valence-electron chi connectivity index (χ3n) is 4.04. The molecule has 0 fully saturated rings. The van der Waals surface area contributed by atoms with Crippen LogP contribution in [0.1, 0.15) is 30.2 Å². The molecule has 0 unspecified atom stereocenters. The number of nitrogens with one attached hydrogen (secondary N) is 1. The summed E-state index contributed by atoms with van der Waals surface area (Å²) >= 11 is 3.38. The van der Waals surface area contributed by atoms with Gasteiger partial charge in [-0.05, 0) is 48.0 Å². The predicted molar refractivity (Wildman–Crippen MR) is 108 cm³/mol. The van der Waals surface area contributed by atoms with Gasteiger partial charge in [0.25, 0.3) is 5.91 Å².